The third-order valence-electron chi connectivity index (χ3n) is 6.06. The summed E-state index contributed by atoms with van der Waals surface area (Å²) >= 11 is 5.82. The molecule has 1 amide bonds. The highest BCUT2D eigenvalue weighted by Crippen LogP contribution is 2.29. The monoisotopic (exact) mass is 474 g/mol. The van der Waals surface area contributed by atoms with E-state index >= 15 is 0 Å². The molecular formula is C24H25ClF2N4O2. The van der Waals surface area contributed by atoms with Gasteiger partial charge in [-0.05, 0) is 12.1 Å². The minimum absolute atomic E-state index is 0.0338. The van der Waals surface area contributed by atoms with E-state index < -0.39 is 30.0 Å². The Morgan fingerprint density at radius 2 is 2.00 bits per heavy atom. The highest BCUT2D eigenvalue weighted by molar-refractivity contribution is 6.30. The number of aromatic nitrogens is 1. The standard InChI is InChI=1S/C24H25ClF2N4O2/c1-14(32)30-13-19(18-6-2-3-8-21(18)30)23(28)24(33)31-12-16(26)9-17(31)11-29-10-15-5-4-7-20(25)22(15)27/h2-8,13,16-17,23,29H,9-12,28H2,1H3/t16-,17+,23?/m1/s1. The summed E-state index contributed by atoms with van der Waals surface area (Å²) < 4.78 is 29.9. The van der Waals surface area contributed by atoms with Crippen molar-refractivity contribution in [1.29, 1.82) is 0 Å². The second kappa shape index (κ2) is 9.59. The molecular weight excluding hydrogens is 450 g/mol. The molecule has 3 aromatic rings. The maximum Gasteiger partial charge on any atom is 0.244 e. The van der Waals surface area contributed by atoms with Crippen LogP contribution < -0.4 is 11.1 Å². The summed E-state index contributed by atoms with van der Waals surface area (Å²) in [5.41, 5.74) is 7.91. The van der Waals surface area contributed by atoms with Crippen molar-refractivity contribution in [2.75, 3.05) is 13.1 Å². The third kappa shape index (κ3) is 4.64. The first-order chi connectivity index (χ1) is 15.8. The fourth-order valence-corrected chi connectivity index (χ4v) is 4.60. The van der Waals surface area contributed by atoms with Crippen LogP contribution in [0.25, 0.3) is 10.9 Å². The van der Waals surface area contributed by atoms with Gasteiger partial charge >= 0.3 is 0 Å². The van der Waals surface area contributed by atoms with Gasteiger partial charge in [0.1, 0.15) is 18.0 Å². The van der Waals surface area contributed by atoms with Gasteiger partial charge in [-0.1, -0.05) is 41.9 Å². The van der Waals surface area contributed by atoms with Crippen LogP contribution in [0.4, 0.5) is 8.78 Å². The number of alkyl halides is 1. The number of likely N-dealkylation sites (tertiary alicyclic amines) is 1. The van der Waals surface area contributed by atoms with Crippen LogP contribution in [0.15, 0.2) is 48.7 Å². The van der Waals surface area contributed by atoms with Crippen LogP contribution in [0.3, 0.4) is 0 Å². The van der Waals surface area contributed by atoms with Gasteiger partial charge in [-0.15, -0.1) is 0 Å². The van der Waals surface area contributed by atoms with E-state index in [0.717, 1.165) is 0 Å². The summed E-state index contributed by atoms with van der Waals surface area (Å²) in [5.74, 6) is -1.11. The van der Waals surface area contributed by atoms with Crippen LogP contribution in [0.2, 0.25) is 5.02 Å². The van der Waals surface area contributed by atoms with Crippen LogP contribution >= 0.6 is 11.6 Å². The maximum atomic E-state index is 14.3. The van der Waals surface area contributed by atoms with Gasteiger partial charge in [0.15, 0.2) is 0 Å². The van der Waals surface area contributed by atoms with Crippen molar-refractivity contribution in [2.45, 2.75) is 38.1 Å². The lowest BCUT2D eigenvalue weighted by atomic mass is 10.0. The Labute approximate surface area is 195 Å². The molecule has 1 aromatic heterocycles. The van der Waals surface area contributed by atoms with E-state index in [9.17, 15) is 18.4 Å². The molecule has 1 unspecified atom stereocenters. The van der Waals surface area contributed by atoms with Gasteiger partial charge in [0.2, 0.25) is 11.8 Å². The number of nitrogens with zero attached hydrogens (tertiary/aromatic N) is 2. The van der Waals surface area contributed by atoms with Gasteiger partial charge < -0.3 is 16.0 Å². The molecule has 2 heterocycles. The Morgan fingerprint density at radius 3 is 2.76 bits per heavy atom. The highest BCUT2D eigenvalue weighted by Gasteiger charge is 2.38. The largest absolute Gasteiger partial charge is 0.334 e. The molecule has 1 fully saturated rings. The maximum absolute atomic E-state index is 14.3. The number of halogens is 3. The quantitative estimate of drug-likeness (QED) is 0.569. The summed E-state index contributed by atoms with van der Waals surface area (Å²) in [7, 11) is 0. The molecule has 2 aromatic carbocycles. The first-order valence-corrected chi connectivity index (χ1v) is 11.1. The molecule has 1 aliphatic rings. The fourth-order valence-electron chi connectivity index (χ4n) is 4.41. The zero-order valence-corrected chi connectivity index (χ0v) is 18.9. The lowest BCUT2D eigenvalue weighted by molar-refractivity contribution is -0.133. The van der Waals surface area contributed by atoms with Gasteiger partial charge in [0.25, 0.3) is 0 Å². The summed E-state index contributed by atoms with van der Waals surface area (Å²) in [4.78, 5) is 26.8. The Kier molecular flexibility index (Phi) is 6.78. The van der Waals surface area contributed by atoms with Gasteiger partial charge in [-0.2, -0.15) is 0 Å². The Hall–Kier alpha value is -2.81. The molecule has 1 saturated heterocycles. The average Bonchev–Trinajstić information content (AvgIpc) is 3.36. The number of benzene rings is 2. The number of para-hydroxylation sites is 1. The number of carbonyl (C=O) groups excluding carboxylic acids is 2. The van der Waals surface area contributed by atoms with Crippen molar-refractivity contribution >= 4 is 34.3 Å². The van der Waals surface area contributed by atoms with Gasteiger partial charge in [0.05, 0.1) is 17.1 Å². The van der Waals surface area contributed by atoms with E-state index in [4.69, 9.17) is 17.3 Å². The molecule has 9 heteroatoms. The minimum Gasteiger partial charge on any atom is -0.334 e. The first-order valence-electron chi connectivity index (χ1n) is 10.7. The Morgan fingerprint density at radius 1 is 1.24 bits per heavy atom. The zero-order chi connectivity index (χ0) is 23.7. The number of fused-ring (bicyclic) bond motifs is 1. The molecule has 0 spiro atoms. The summed E-state index contributed by atoms with van der Waals surface area (Å²) in [5, 5.41) is 3.83. The van der Waals surface area contributed by atoms with E-state index in [1.54, 1.807) is 36.5 Å². The number of nitrogens with two attached hydrogens (primary N) is 1. The normalized spacial score (nSPS) is 19.2. The number of rotatable bonds is 6. The molecule has 0 bridgehead atoms. The Balaban J connectivity index is 1.50. The molecule has 1 aliphatic heterocycles. The van der Waals surface area contributed by atoms with Crippen LogP contribution in [-0.4, -0.2) is 46.6 Å². The van der Waals surface area contributed by atoms with Crippen molar-refractivity contribution in [2.24, 2.45) is 5.73 Å². The predicted molar refractivity (Wildman–Crippen MR) is 123 cm³/mol. The number of amides is 1. The molecule has 3 N–H and O–H groups in total. The van der Waals surface area contributed by atoms with E-state index in [2.05, 4.69) is 5.32 Å². The lowest BCUT2D eigenvalue weighted by Gasteiger charge is -2.27. The van der Waals surface area contributed by atoms with Crippen molar-refractivity contribution in [3.05, 3.63) is 70.6 Å². The topological polar surface area (TPSA) is 80.4 Å². The van der Waals surface area contributed by atoms with Crippen molar-refractivity contribution < 1.29 is 18.4 Å². The van der Waals surface area contributed by atoms with Crippen molar-refractivity contribution in [3.63, 3.8) is 0 Å². The molecule has 0 radical (unpaired) electrons. The Bertz CT molecular complexity index is 1200. The number of hydrogen-bond donors (Lipinski definition) is 2. The second-order valence-corrected chi connectivity index (χ2v) is 8.70. The SMILES string of the molecule is CC(=O)n1cc(C(N)C(=O)N2C[C@H](F)C[C@H]2CNCc2cccc(Cl)c2F)c2ccccc21. The van der Waals surface area contributed by atoms with Crippen molar-refractivity contribution in [1.82, 2.24) is 14.8 Å². The van der Waals surface area contributed by atoms with E-state index in [0.29, 0.717) is 22.0 Å². The number of carbonyl (C=O) groups is 2. The predicted octanol–water partition coefficient (Wildman–Crippen LogP) is 3.82. The molecule has 3 atom stereocenters. The molecule has 0 aliphatic carbocycles. The van der Waals surface area contributed by atoms with E-state index in [1.807, 2.05) is 6.07 Å². The second-order valence-electron chi connectivity index (χ2n) is 8.29. The van der Waals surface area contributed by atoms with E-state index in [1.165, 1.54) is 22.5 Å². The zero-order valence-electron chi connectivity index (χ0n) is 18.1. The fraction of sp³-hybridized carbons (Fsp3) is 0.333. The van der Waals surface area contributed by atoms with Crippen molar-refractivity contribution in [3.8, 4) is 0 Å². The van der Waals surface area contributed by atoms with Gasteiger partial charge in [0, 0.05) is 55.2 Å². The molecule has 0 saturated carbocycles. The molecule has 33 heavy (non-hydrogen) atoms. The first kappa shape index (κ1) is 23.4. The minimum atomic E-state index is -1.17. The molecule has 174 valence electrons. The van der Waals surface area contributed by atoms with Crippen LogP contribution in [0.5, 0.6) is 0 Å². The lowest BCUT2D eigenvalue weighted by Crippen LogP contribution is -2.45. The van der Waals surface area contributed by atoms with Crippen LogP contribution in [0.1, 0.15) is 35.3 Å². The summed E-state index contributed by atoms with van der Waals surface area (Å²) in [6.07, 6.45) is 0.571. The van der Waals surface area contributed by atoms with Crippen LogP contribution in [0, 0.1) is 5.82 Å². The smallest absolute Gasteiger partial charge is 0.244 e. The number of hydrogen-bond acceptors (Lipinski definition) is 4. The average molecular weight is 475 g/mol. The van der Waals surface area contributed by atoms with Gasteiger partial charge in [-0.3, -0.25) is 14.2 Å². The third-order valence-corrected chi connectivity index (χ3v) is 6.35. The molecule has 6 nitrogen and oxygen atoms in total. The highest BCUT2D eigenvalue weighted by atomic mass is 35.5. The number of nitrogens with one attached hydrogen (secondary N) is 1. The van der Waals surface area contributed by atoms with E-state index in [-0.39, 0.29) is 37.0 Å². The van der Waals surface area contributed by atoms with Gasteiger partial charge in [-0.25, -0.2) is 8.78 Å². The summed E-state index contributed by atoms with van der Waals surface area (Å²) in [6.45, 7) is 1.85. The summed E-state index contributed by atoms with van der Waals surface area (Å²) in [6, 6.07) is 10.5. The van der Waals surface area contributed by atoms with Crippen LogP contribution in [-0.2, 0) is 11.3 Å². The molecule has 4 rings (SSSR count).